The highest BCUT2D eigenvalue weighted by Crippen LogP contribution is 2.16. The molecule has 0 aliphatic rings. The minimum atomic E-state index is -0.619. The highest BCUT2D eigenvalue weighted by atomic mass is 16.5. The normalized spacial score (nSPS) is 10.6. The van der Waals surface area contributed by atoms with Crippen molar-refractivity contribution in [3.05, 3.63) is 35.0 Å². The third kappa shape index (κ3) is 2.62. The van der Waals surface area contributed by atoms with Crippen LogP contribution in [0.2, 0.25) is 0 Å². The largest absolute Gasteiger partial charge is 0.451 e. The Balaban J connectivity index is 2.39. The number of unbranched alkanes of at least 4 members (excludes halogenated alkanes) is 1. The van der Waals surface area contributed by atoms with Gasteiger partial charge >= 0.3 is 6.09 Å². The Morgan fingerprint density at radius 1 is 1.53 bits per heavy atom. The van der Waals surface area contributed by atoms with Crippen molar-refractivity contribution in [2.75, 3.05) is 19.0 Å². The molecule has 2 rings (SSSR count). The van der Waals surface area contributed by atoms with Gasteiger partial charge in [0.15, 0.2) is 0 Å². The minimum absolute atomic E-state index is 0.311. The molecule has 1 aromatic carbocycles. The van der Waals surface area contributed by atoms with E-state index in [1.165, 1.54) is 7.11 Å². The summed E-state index contributed by atoms with van der Waals surface area (Å²) in [5.41, 5.74) is 1.04. The molecule has 0 saturated heterocycles. The fraction of sp³-hybridized carbons (Fsp3) is 0.308. The molecule has 0 amide bonds. The Hall–Kier alpha value is -2.24. The van der Waals surface area contributed by atoms with Gasteiger partial charge in [0.2, 0.25) is 0 Å². The molecule has 1 heterocycles. The Morgan fingerprint density at radius 3 is 3.00 bits per heavy atom. The maximum Gasteiger partial charge on any atom is 0.433 e. The van der Waals surface area contributed by atoms with Crippen molar-refractivity contribution in [1.82, 2.24) is 9.78 Å². The molecule has 6 nitrogen and oxygen atoms in total. The number of ether oxygens (including phenoxy) is 1. The maximum atomic E-state index is 11.7. The highest BCUT2D eigenvalue weighted by Gasteiger charge is 2.13. The van der Waals surface area contributed by atoms with E-state index in [0.29, 0.717) is 10.9 Å². The van der Waals surface area contributed by atoms with Crippen LogP contribution in [0.15, 0.2) is 23.0 Å². The molecule has 0 unspecified atom stereocenters. The van der Waals surface area contributed by atoms with Crippen molar-refractivity contribution >= 4 is 22.7 Å². The molecule has 19 heavy (non-hydrogen) atoms. The van der Waals surface area contributed by atoms with Crippen LogP contribution in [0.1, 0.15) is 13.3 Å². The van der Waals surface area contributed by atoms with E-state index in [9.17, 15) is 9.59 Å². The molecule has 0 fully saturated rings. The molecule has 0 saturated carbocycles. The van der Waals surface area contributed by atoms with Gasteiger partial charge in [-0.2, -0.15) is 4.68 Å². The molecule has 1 radical (unpaired) electrons. The number of methoxy groups -OCH3 is 1. The van der Waals surface area contributed by atoms with Crippen LogP contribution in [0.3, 0.4) is 0 Å². The molecule has 1 aromatic heterocycles. The summed E-state index contributed by atoms with van der Waals surface area (Å²) in [6.45, 7) is 2.79. The molecule has 101 valence electrons. The van der Waals surface area contributed by atoms with Gasteiger partial charge in [0.25, 0.3) is 5.56 Å². The monoisotopic (exact) mass is 262 g/mol. The zero-order chi connectivity index (χ0) is 13.8. The third-order valence-electron chi connectivity index (χ3n) is 2.82. The van der Waals surface area contributed by atoms with Gasteiger partial charge in [0.05, 0.1) is 18.0 Å². The van der Waals surface area contributed by atoms with Crippen LogP contribution in [-0.2, 0) is 4.74 Å². The summed E-state index contributed by atoms with van der Waals surface area (Å²) in [5, 5.41) is 6.13. The minimum Gasteiger partial charge on any atom is -0.451 e. The van der Waals surface area contributed by atoms with Crippen LogP contribution in [0.5, 0.6) is 0 Å². The second kappa shape index (κ2) is 5.60. The lowest BCUT2D eigenvalue weighted by Gasteiger charge is -2.06. The lowest BCUT2D eigenvalue weighted by atomic mass is 10.2. The molecular formula is C13H16N3O3. The molecule has 2 N–H and O–H groups in total. The van der Waals surface area contributed by atoms with Crippen LogP contribution in [-0.4, -0.2) is 29.5 Å². The summed E-state index contributed by atoms with van der Waals surface area (Å²) in [6, 6.07) is 5.25. The lowest BCUT2D eigenvalue weighted by Crippen LogP contribution is -2.15. The summed E-state index contributed by atoms with van der Waals surface area (Å²) < 4.78 is 5.73. The summed E-state index contributed by atoms with van der Waals surface area (Å²) in [5.74, 6) is 0. The SMILES string of the molecule is C[CH]CCNc1ccc2c(=O)[nH]n(C(=O)OC)c2c1. The van der Waals surface area contributed by atoms with E-state index in [4.69, 9.17) is 0 Å². The van der Waals surface area contributed by atoms with E-state index in [2.05, 4.69) is 21.6 Å². The molecule has 0 aliphatic carbocycles. The zero-order valence-electron chi connectivity index (χ0n) is 10.9. The first-order valence-corrected chi connectivity index (χ1v) is 6.02. The first-order chi connectivity index (χ1) is 9.17. The molecule has 6 heteroatoms. The first-order valence-electron chi connectivity index (χ1n) is 6.02. The number of H-pyrrole nitrogens is 1. The number of rotatable bonds is 4. The van der Waals surface area contributed by atoms with Crippen LogP contribution in [0.25, 0.3) is 10.9 Å². The number of aromatic nitrogens is 2. The number of fused-ring (bicyclic) bond motifs is 1. The van der Waals surface area contributed by atoms with Gasteiger partial charge in [-0.3, -0.25) is 9.89 Å². The fourth-order valence-electron chi connectivity index (χ4n) is 1.84. The van der Waals surface area contributed by atoms with Gasteiger partial charge in [-0.05, 0) is 31.0 Å². The summed E-state index contributed by atoms with van der Waals surface area (Å²) >= 11 is 0. The van der Waals surface area contributed by atoms with E-state index in [1.54, 1.807) is 12.1 Å². The zero-order valence-corrected chi connectivity index (χ0v) is 10.9. The van der Waals surface area contributed by atoms with Crippen molar-refractivity contribution < 1.29 is 9.53 Å². The number of hydrogen-bond donors (Lipinski definition) is 2. The molecule has 0 spiro atoms. The Bertz CT molecular complexity index is 642. The number of hydrogen-bond acceptors (Lipinski definition) is 4. The standard InChI is InChI=1S/C13H16N3O3/c1-3-4-7-14-9-5-6-10-11(8-9)16(13(18)19-2)15-12(10)17/h3,5-6,8,14H,4,7H2,1-2H3,(H,15,17). The molecular weight excluding hydrogens is 246 g/mol. The Morgan fingerprint density at radius 2 is 2.32 bits per heavy atom. The summed E-state index contributed by atoms with van der Waals surface area (Å²) in [6.07, 6.45) is 2.38. The summed E-state index contributed by atoms with van der Waals surface area (Å²) in [4.78, 5) is 23.2. The number of carbonyl (C=O) groups is 1. The van der Waals surface area contributed by atoms with Gasteiger partial charge < -0.3 is 10.1 Å². The van der Waals surface area contributed by atoms with Gasteiger partial charge in [-0.25, -0.2) is 4.79 Å². The van der Waals surface area contributed by atoms with E-state index in [-0.39, 0.29) is 5.56 Å². The van der Waals surface area contributed by atoms with E-state index in [1.807, 2.05) is 13.0 Å². The van der Waals surface area contributed by atoms with Gasteiger partial charge in [-0.15, -0.1) is 0 Å². The number of aromatic amines is 1. The number of carbonyl (C=O) groups excluding carboxylic acids is 1. The smallest absolute Gasteiger partial charge is 0.433 e. The van der Waals surface area contributed by atoms with Gasteiger partial charge in [0, 0.05) is 12.2 Å². The maximum absolute atomic E-state index is 11.7. The van der Waals surface area contributed by atoms with E-state index >= 15 is 0 Å². The number of anilines is 1. The molecule has 0 atom stereocenters. The molecule has 0 bridgehead atoms. The van der Waals surface area contributed by atoms with Crippen LogP contribution in [0.4, 0.5) is 10.5 Å². The van der Waals surface area contributed by atoms with Crippen molar-refractivity contribution in [3.63, 3.8) is 0 Å². The second-order valence-electron chi connectivity index (χ2n) is 4.10. The average molecular weight is 262 g/mol. The Kier molecular flexibility index (Phi) is 3.89. The first kappa shape index (κ1) is 13.2. The van der Waals surface area contributed by atoms with Crippen molar-refractivity contribution in [2.45, 2.75) is 13.3 Å². The second-order valence-corrected chi connectivity index (χ2v) is 4.10. The van der Waals surface area contributed by atoms with Crippen LogP contribution in [0, 0.1) is 6.42 Å². The van der Waals surface area contributed by atoms with Gasteiger partial charge in [0.1, 0.15) is 0 Å². The summed E-state index contributed by atoms with van der Waals surface area (Å²) in [7, 11) is 1.27. The molecule has 2 aromatic rings. The fourth-order valence-corrected chi connectivity index (χ4v) is 1.84. The van der Waals surface area contributed by atoms with Crippen LogP contribution >= 0.6 is 0 Å². The number of nitrogens with zero attached hydrogens (tertiary/aromatic N) is 1. The molecule has 0 aliphatic heterocycles. The topological polar surface area (TPSA) is 76.1 Å². The highest BCUT2D eigenvalue weighted by molar-refractivity contribution is 5.89. The van der Waals surface area contributed by atoms with E-state index < -0.39 is 6.09 Å². The third-order valence-corrected chi connectivity index (χ3v) is 2.82. The van der Waals surface area contributed by atoms with Gasteiger partial charge in [-0.1, -0.05) is 6.92 Å². The van der Waals surface area contributed by atoms with Crippen molar-refractivity contribution in [2.24, 2.45) is 0 Å². The number of nitrogens with one attached hydrogen (secondary N) is 2. The Labute approximate surface area is 110 Å². The number of benzene rings is 1. The quantitative estimate of drug-likeness (QED) is 0.826. The average Bonchev–Trinajstić information content (AvgIpc) is 2.75. The lowest BCUT2D eigenvalue weighted by molar-refractivity contribution is 0.170. The van der Waals surface area contributed by atoms with Crippen LogP contribution < -0.4 is 10.9 Å². The van der Waals surface area contributed by atoms with Crippen molar-refractivity contribution in [3.8, 4) is 0 Å². The van der Waals surface area contributed by atoms with E-state index in [0.717, 1.165) is 23.3 Å². The predicted molar refractivity (Wildman–Crippen MR) is 73.4 cm³/mol. The predicted octanol–water partition coefficient (Wildman–Crippen LogP) is 1.97. The van der Waals surface area contributed by atoms with Crippen molar-refractivity contribution in [1.29, 1.82) is 0 Å².